The summed E-state index contributed by atoms with van der Waals surface area (Å²) in [6.45, 7) is 1.16. The molecule has 1 aliphatic rings. The molecule has 4 rings (SSSR count). The van der Waals surface area contributed by atoms with Crippen LogP contribution in [0.5, 0.6) is 0 Å². The highest BCUT2D eigenvalue weighted by Crippen LogP contribution is 2.27. The first-order chi connectivity index (χ1) is 14.5. The Balaban J connectivity index is 1.42. The van der Waals surface area contributed by atoms with E-state index >= 15 is 0 Å². The van der Waals surface area contributed by atoms with E-state index in [2.05, 4.69) is 10.3 Å². The molecule has 0 unspecified atom stereocenters. The highest BCUT2D eigenvalue weighted by molar-refractivity contribution is 7.89. The summed E-state index contributed by atoms with van der Waals surface area (Å²) in [6.07, 6.45) is 5.02. The maximum atomic E-state index is 12.6. The zero-order chi connectivity index (χ0) is 21.0. The Kier molecular flexibility index (Phi) is 6.08. The van der Waals surface area contributed by atoms with Crippen LogP contribution in [0.1, 0.15) is 18.4 Å². The van der Waals surface area contributed by atoms with Crippen molar-refractivity contribution in [3.8, 4) is 11.3 Å². The molecule has 0 aliphatic carbocycles. The molecule has 6 nitrogen and oxygen atoms in total. The molecule has 0 saturated carbocycles. The summed E-state index contributed by atoms with van der Waals surface area (Å²) < 4.78 is 26.8. The van der Waals surface area contributed by atoms with Crippen LogP contribution < -0.4 is 5.32 Å². The van der Waals surface area contributed by atoms with Crippen LogP contribution in [0.15, 0.2) is 70.9 Å². The number of benzene rings is 2. The second-order valence-corrected chi connectivity index (χ2v) is 9.70. The molecule has 1 aromatic heterocycles. The van der Waals surface area contributed by atoms with E-state index in [0.29, 0.717) is 28.8 Å². The van der Waals surface area contributed by atoms with Gasteiger partial charge in [0, 0.05) is 30.1 Å². The molecule has 30 heavy (non-hydrogen) atoms. The van der Waals surface area contributed by atoms with Gasteiger partial charge < -0.3 is 0 Å². The van der Waals surface area contributed by atoms with Gasteiger partial charge in [-0.1, -0.05) is 42.5 Å². The van der Waals surface area contributed by atoms with Gasteiger partial charge in [0.2, 0.25) is 15.9 Å². The van der Waals surface area contributed by atoms with Gasteiger partial charge in [-0.2, -0.15) is 4.31 Å². The molecular formula is C22H21N3O3S2. The molecule has 3 aromatic rings. The lowest BCUT2D eigenvalue weighted by Crippen LogP contribution is -2.27. The lowest BCUT2D eigenvalue weighted by atomic mass is 10.2. The van der Waals surface area contributed by atoms with E-state index in [0.717, 1.165) is 24.0 Å². The van der Waals surface area contributed by atoms with Crippen LogP contribution in [0, 0.1) is 0 Å². The molecule has 0 bridgehead atoms. The average molecular weight is 440 g/mol. The first kappa shape index (κ1) is 20.5. The Labute approximate surface area is 179 Å². The van der Waals surface area contributed by atoms with E-state index in [1.807, 2.05) is 35.7 Å². The minimum absolute atomic E-state index is 0.258. The second-order valence-electron chi connectivity index (χ2n) is 6.91. The molecule has 154 valence electrons. The fourth-order valence-corrected chi connectivity index (χ4v) is 5.46. The van der Waals surface area contributed by atoms with Crippen LogP contribution in [-0.4, -0.2) is 36.7 Å². The third kappa shape index (κ3) is 4.67. The highest BCUT2D eigenvalue weighted by Gasteiger charge is 2.27. The summed E-state index contributed by atoms with van der Waals surface area (Å²) in [6, 6.07) is 16.3. The maximum absolute atomic E-state index is 12.6. The van der Waals surface area contributed by atoms with E-state index in [-0.39, 0.29) is 5.91 Å². The number of nitrogens with zero attached hydrogens (tertiary/aromatic N) is 2. The van der Waals surface area contributed by atoms with Crippen molar-refractivity contribution in [1.82, 2.24) is 9.29 Å². The molecule has 1 saturated heterocycles. The number of aromatic nitrogens is 1. The van der Waals surface area contributed by atoms with E-state index < -0.39 is 10.0 Å². The zero-order valence-electron chi connectivity index (χ0n) is 16.2. The molecule has 1 aliphatic heterocycles. The van der Waals surface area contributed by atoms with Gasteiger partial charge in [0.1, 0.15) is 0 Å². The number of carbonyl (C=O) groups excluding carboxylic acids is 1. The van der Waals surface area contributed by atoms with Gasteiger partial charge >= 0.3 is 0 Å². The van der Waals surface area contributed by atoms with Crippen LogP contribution in [0.4, 0.5) is 5.13 Å². The normalized spacial score (nSPS) is 14.9. The van der Waals surface area contributed by atoms with Gasteiger partial charge in [0.05, 0.1) is 10.6 Å². The predicted octanol–water partition coefficient (Wildman–Crippen LogP) is 4.25. The van der Waals surface area contributed by atoms with E-state index in [1.54, 1.807) is 30.3 Å². The van der Waals surface area contributed by atoms with Crippen molar-refractivity contribution >= 4 is 38.5 Å². The molecule has 2 aromatic carbocycles. The predicted molar refractivity (Wildman–Crippen MR) is 120 cm³/mol. The smallest absolute Gasteiger partial charge is 0.250 e. The number of nitrogens with one attached hydrogen (secondary N) is 1. The lowest BCUT2D eigenvalue weighted by molar-refractivity contribution is -0.111. The Hall–Kier alpha value is -2.81. The van der Waals surface area contributed by atoms with Gasteiger partial charge in [-0.05, 0) is 36.6 Å². The lowest BCUT2D eigenvalue weighted by Gasteiger charge is -2.15. The molecule has 0 atom stereocenters. The third-order valence-corrected chi connectivity index (χ3v) is 7.48. The summed E-state index contributed by atoms with van der Waals surface area (Å²) in [7, 11) is -3.43. The summed E-state index contributed by atoms with van der Waals surface area (Å²) in [5, 5.41) is 5.08. The van der Waals surface area contributed by atoms with Gasteiger partial charge in [-0.25, -0.2) is 13.4 Å². The maximum Gasteiger partial charge on any atom is 0.250 e. The molecule has 0 spiro atoms. The Morgan fingerprint density at radius 3 is 2.43 bits per heavy atom. The van der Waals surface area contributed by atoms with Gasteiger partial charge in [0.15, 0.2) is 5.13 Å². The van der Waals surface area contributed by atoms with E-state index in [1.165, 1.54) is 21.7 Å². The molecule has 1 fully saturated rings. The molecule has 2 heterocycles. The Morgan fingerprint density at radius 2 is 1.73 bits per heavy atom. The number of anilines is 1. The number of carbonyl (C=O) groups is 1. The summed E-state index contributed by atoms with van der Waals surface area (Å²) >= 11 is 1.32. The van der Waals surface area contributed by atoms with Crippen LogP contribution in [-0.2, 0) is 14.8 Å². The zero-order valence-corrected chi connectivity index (χ0v) is 17.8. The third-order valence-electron chi connectivity index (χ3n) is 4.81. The standard InChI is InChI=1S/C22H21N3O3S2/c26-21(13-8-17-6-2-1-3-7-17)24-22-23-20(16-29-22)18-9-11-19(12-10-18)30(27,28)25-14-4-5-15-25/h1-3,6-13,16H,4-5,14-15H2,(H,23,24,26)/b13-8+. The summed E-state index contributed by atoms with van der Waals surface area (Å²) in [5.41, 5.74) is 2.43. The number of hydrogen-bond acceptors (Lipinski definition) is 5. The molecule has 1 amide bonds. The van der Waals surface area contributed by atoms with Crippen molar-refractivity contribution in [2.24, 2.45) is 0 Å². The average Bonchev–Trinajstić information content (AvgIpc) is 3.46. The number of amides is 1. The Bertz CT molecular complexity index is 1150. The minimum Gasteiger partial charge on any atom is -0.298 e. The molecular weight excluding hydrogens is 418 g/mol. The molecule has 1 N–H and O–H groups in total. The minimum atomic E-state index is -3.43. The monoisotopic (exact) mass is 439 g/mol. The SMILES string of the molecule is O=C(/C=C/c1ccccc1)Nc1nc(-c2ccc(S(=O)(=O)N3CCCC3)cc2)cs1. The largest absolute Gasteiger partial charge is 0.298 e. The van der Waals surface area contributed by atoms with E-state index in [4.69, 9.17) is 0 Å². The first-order valence-corrected chi connectivity index (χ1v) is 11.9. The van der Waals surface area contributed by atoms with Crippen molar-refractivity contribution in [2.45, 2.75) is 17.7 Å². The van der Waals surface area contributed by atoms with Crippen molar-refractivity contribution in [3.05, 3.63) is 71.6 Å². The fourth-order valence-electron chi connectivity index (χ4n) is 3.22. The van der Waals surface area contributed by atoms with Crippen molar-refractivity contribution in [1.29, 1.82) is 0 Å². The van der Waals surface area contributed by atoms with Crippen LogP contribution in [0.2, 0.25) is 0 Å². The Morgan fingerprint density at radius 1 is 1.03 bits per heavy atom. The molecule has 8 heteroatoms. The molecule has 0 radical (unpaired) electrons. The number of hydrogen-bond donors (Lipinski definition) is 1. The quantitative estimate of drug-likeness (QED) is 0.583. The number of thiazole rings is 1. The van der Waals surface area contributed by atoms with Gasteiger partial charge in [0.25, 0.3) is 0 Å². The first-order valence-electron chi connectivity index (χ1n) is 9.63. The van der Waals surface area contributed by atoms with E-state index in [9.17, 15) is 13.2 Å². The van der Waals surface area contributed by atoms with Crippen molar-refractivity contribution < 1.29 is 13.2 Å². The topological polar surface area (TPSA) is 79.4 Å². The van der Waals surface area contributed by atoms with Crippen molar-refractivity contribution in [3.63, 3.8) is 0 Å². The van der Waals surface area contributed by atoms with Gasteiger partial charge in [-0.3, -0.25) is 10.1 Å². The van der Waals surface area contributed by atoms with Crippen LogP contribution in [0.25, 0.3) is 17.3 Å². The summed E-state index contributed by atoms with van der Waals surface area (Å²) in [5.74, 6) is -0.258. The second kappa shape index (κ2) is 8.91. The van der Waals surface area contributed by atoms with Crippen molar-refractivity contribution in [2.75, 3.05) is 18.4 Å². The summed E-state index contributed by atoms with van der Waals surface area (Å²) in [4.78, 5) is 16.8. The van der Waals surface area contributed by atoms with Crippen LogP contribution in [0.3, 0.4) is 0 Å². The fraction of sp³-hybridized carbons (Fsp3) is 0.182. The number of sulfonamides is 1. The van der Waals surface area contributed by atoms with Crippen LogP contribution >= 0.6 is 11.3 Å². The van der Waals surface area contributed by atoms with Gasteiger partial charge in [-0.15, -0.1) is 11.3 Å². The highest BCUT2D eigenvalue weighted by atomic mass is 32.2. The number of rotatable bonds is 6.